The molecule has 4 heteroatoms. The third kappa shape index (κ3) is 3.06. The number of aromatic nitrogens is 1. The monoisotopic (exact) mass is 304 g/mol. The molecule has 3 aromatic rings. The van der Waals surface area contributed by atoms with Crippen molar-refractivity contribution < 1.29 is 4.79 Å². The average molecular weight is 304 g/mol. The summed E-state index contributed by atoms with van der Waals surface area (Å²) in [5.41, 5.74) is 2.78. The summed E-state index contributed by atoms with van der Waals surface area (Å²) in [5.74, 6) is -0.417. The molecule has 23 heavy (non-hydrogen) atoms. The number of pyridine rings is 1. The predicted molar refractivity (Wildman–Crippen MR) is 91.6 cm³/mol. The number of benzene rings is 2. The van der Waals surface area contributed by atoms with Crippen molar-refractivity contribution in [1.82, 2.24) is 4.98 Å². The van der Waals surface area contributed by atoms with Crippen molar-refractivity contribution in [2.75, 3.05) is 5.32 Å². The Bertz CT molecular complexity index is 898. The van der Waals surface area contributed by atoms with Crippen LogP contribution in [0.2, 0.25) is 0 Å². The van der Waals surface area contributed by atoms with E-state index in [1.165, 1.54) is 0 Å². The van der Waals surface area contributed by atoms with Crippen LogP contribution in [0.1, 0.15) is 15.9 Å². The molecule has 1 amide bonds. The molecular weight excluding hydrogens is 288 g/mol. The number of rotatable bonds is 3. The molecule has 0 spiro atoms. The number of H-pyrrole nitrogens is 1. The molecule has 114 valence electrons. The minimum atomic E-state index is -0.417. The van der Waals surface area contributed by atoms with Crippen LogP contribution in [0.3, 0.4) is 0 Å². The maximum Gasteiger partial charge on any atom is 0.261 e. The highest BCUT2D eigenvalue weighted by molar-refractivity contribution is 6.08. The molecule has 0 unspecified atom stereocenters. The molecule has 0 bridgehead atoms. The Hall–Kier alpha value is -3.14. The van der Waals surface area contributed by atoms with Crippen LogP contribution in [0.5, 0.6) is 0 Å². The van der Waals surface area contributed by atoms with E-state index in [0.717, 1.165) is 11.1 Å². The smallest absolute Gasteiger partial charge is 0.261 e. The minimum absolute atomic E-state index is 0.113. The number of aromatic amines is 1. The highest BCUT2D eigenvalue weighted by Gasteiger charge is 2.17. The van der Waals surface area contributed by atoms with Gasteiger partial charge in [-0.25, -0.2) is 0 Å². The van der Waals surface area contributed by atoms with Crippen molar-refractivity contribution >= 4 is 11.6 Å². The van der Waals surface area contributed by atoms with Crippen LogP contribution in [0.15, 0.2) is 71.7 Å². The summed E-state index contributed by atoms with van der Waals surface area (Å²) in [7, 11) is 0. The van der Waals surface area contributed by atoms with Crippen LogP contribution < -0.4 is 10.9 Å². The van der Waals surface area contributed by atoms with E-state index in [4.69, 9.17) is 0 Å². The van der Waals surface area contributed by atoms with E-state index in [0.29, 0.717) is 11.3 Å². The first kappa shape index (κ1) is 14.8. The molecule has 0 atom stereocenters. The maximum absolute atomic E-state index is 12.7. The number of hydrogen-bond donors (Lipinski definition) is 2. The van der Waals surface area contributed by atoms with Crippen LogP contribution >= 0.6 is 0 Å². The number of hydrogen-bond acceptors (Lipinski definition) is 2. The Balaban J connectivity index is 2.04. The molecule has 0 radical (unpaired) electrons. The van der Waals surface area contributed by atoms with Gasteiger partial charge >= 0.3 is 0 Å². The van der Waals surface area contributed by atoms with Crippen molar-refractivity contribution in [2.24, 2.45) is 0 Å². The van der Waals surface area contributed by atoms with E-state index in [9.17, 15) is 9.59 Å². The fraction of sp³-hybridized carbons (Fsp3) is 0.0526. The number of amides is 1. The molecule has 2 N–H and O–H groups in total. The van der Waals surface area contributed by atoms with Gasteiger partial charge in [-0.3, -0.25) is 9.59 Å². The number of carbonyl (C=O) groups excluding carboxylic acids is 1. The molecule has 1 heterocycles. The Morgan fingerprint density at radius 3 is 2.39 bits per heavy atom. The van der Waals surface area contributed by atoms with E-state index in [-0.39, 0.29) is 5.56 Å². The Morgan fingerprint density at radius 2 is 1.65 bits per heavy atom. The number of carbonyl (C=O) groups is 1. The van der Waals surface area contributed by atoms with E-state index in [1.807, 2.05) is 61.5 Å². The molecule has 1 aromatic heterocycles. The first-order valence-corrected chi connectivity index (χ1v) is 7.31. The van der Waals surface area contributed by atoms with Gasteiger partial charge in [0.05, 0.1) is 0 Å². The molecule has 0 saturated heterocycles. The predicted octanol–water partition coefficient (Wildman–Crippen LogP) is 3.60. The highest BCUT2D eigenvalue weighted by Crippen LogP contribution is 2.22. The molecule has 3 rings (SSSR count). The molecular formula is C19H16N2O2. The second-order valence-electron chi connectivity index (χ2n) is 5.23. The van der Waals surface area contributed by atoms with Crippen molar-refractivity contribution in [1.29, 1.82) is 0 Å². The van der Waals surface area contributed by atoms with Crippen molar-refractivity contribution in [2.45, 2.75) is 6.92 Å². The Kier molecular flexibility index (Phi) is 4.06. The Labute approximate surface area is 133 Å². The zero-order valence-electron chi connectivity index (χ0n) is 12.7. The zero-order valence-corrected chi connectivity index (χ0v) is 12.7. The van der Waals surface area contributed by atoms with Gasteiger partial charge in [-0.2, -0.15) is 0 Å². The van der Waals surface area contributed by atoms with E-state index < -0.39 is 11.5 Å². The van der Waals surface area contributed by atoms with E-state index >= 15 is 0 Å². The summed E-state index contributed by atoms with van der Waals surface area (Å²) in [6.07, 6.45) is 1.55. The van der Waals surface area contributed by atoms with Gasteiger partial charge in [0.15, 0.2) is 0 Å². The lowest BCUT2D eigenvalue weighted by Gasteiger charge is -2.11. The second kappa shape index (κ2) is 6.32. The fourth-order valence-corrected chi connectivity index (χ4v) is 2.46. The van der Waals surface area contributed by atoms with Crippen LogP contribution in [0.4, 0.5) is 5.69 Å². The molecule has 0 aliphatic carbocycles. The first-order valence-electron chi connectivity index (χ1n) is 7.31. The fourth-order valence-electron chi connectivity index (χ4n) is 2.46. The lowest BCUT2D eigenvalue weighted by molar-refractivity contribution is 0.102. The number of nitrogens with one attached hydrogen (secondary N) is 2. The quantitative estimate of drug-likeness (QED) is 0.776. The largest absolute Gasteiger partial charge is 0.328 e. The van der Waals surface area contributed by atoms with Gasteiger partial charge in [-0.15, -0.1) is 0 Å². The molecule has 0 aliphatic rings. The molecule has 2 aromatic carbocycles. The highest BCUT2D eigenvalue weighted by atomic mass is 16.2. The summed E-state index contributed by atoms with van der Waals surface area (Å²) in [6.45, 7) is 1.91. The third-order valence-electron chi connectivity index (χ3n) is 3.67. The summed E-state index contributed by atoms with van der Waals surface area (Å²) < 4.78 is 0. The molecule has 4 nitrogen and oxygen atoms in total. The van der Waals surface area contributed by atoms with Gasteiger partial charge in [-0.05, 0) is 30.2 Å². The van der Waals surface area contributed by atoms with Gasteiger partial charge < -0.3 is 10.3 Å². The van der Waals surface area contributed by atoms with Crippen molar-refractivity contribution in [3.05, 3.63) is 88.3 Å². The molecule has 0 aliphatic heterocycles. The summed E-state index contributed by atoms with van der Waals surface area (Å²) in [4.78, 5) is 27.4. The lowest BCUT2D eigenvalue weighted by Crippen LogP contribution is -2.24. The van der Waals surface area contributed by atoms with Crippen LogP contribution in [0, 0.1) is 6.92 Å². The van der Waals surface area contributed by atoms with Gasteiger partial charge in [-0.1, -0.05) is 48.5 Å². The standard InChI is InChI=1S/C19H16N2O2/c1-13-7-5-6-10-16(13)21-19(23)17-15(11-12-20-18(17)22)14-8-3-2-4-9-14/h2-12H,1H3,(H,20,22)(H,21,23). The van der Waals surface area contributed by atoms with Gasteiger partial charge in [0, 0.05) is 17.4 Å². The zero-order chi connectivity index (χ0) is 16.2. The van der Waals surface area contributed by atoms with Crippen LogP contribution in [-0.2, 0) is 0 Å². The van der Waals surface area contributed by atoms with E-state index in [2.05, 4.69) is 10.3 Å². The SMILES string of the molecule is Cc1ccccc1NC(=O)c1c(-c2ccccc2)cc[nH]c1=O. The number of anilines is 1. The van der Waals surface area contributed by atoms with Gasteiger partial charge in [0.2, 0.25) is 0 Å². The number of aryl methyl sites for hydroxylation is 1. The van der Waals surface area contributed by atoms with Crippen LogP contribution in [-0.4, -0.2) is 10.9 Å². The minimum Gasteiger partial charge on any atom is -0.328 e. The molecule has 0 saturated carbocycles. The molecule has 0 fully saturated rings. The van der Waals surface area contributed by atoms with E-state index in [1.54, 1.807) is 12.3 Å². The normalized spacial score (nSPS) is 10.3. The van der Waals surface area contributed by atoms with Crippen LogP contribution in [0.25, 0.3) is 11.1 Å². The third-order valence-corrected chi connectivity index (χ3v) is 3.67. The average Bonchev–Trinajstić information content (AvgIpc) is 2.57. The van der Waals surface area contributed by atoms with Crippen molar-refractivity contribution in [3.8, 4) is 11.1 Å². The van der Waals surface area contributed by atoms with Gasteiger partial charge in [0.25, 0.3) is 11.5 Å². The topological polar surface area (TPSA) is 62.0 Å². The lowest BCUT2D eigenvalue weighted by atomic mass is 10.0. The summed E-state index contributed by atoms with van der Waals surface area (Å²) >= 11 is 0. The van der Waals surface area contributed by atoms with Gasteiger partial charge in [0.1, 0.15) is 5.56 Å². The first-order chi connectivity index (χ1) is 11.2. The summed E-state index contributed by atoms with van der Waals surface area (Å²) in [5, 5.41) is 2.82. The van der Waals surface area contributed by atoms with Crippen molar-refractivity contribution in [3.63, 3.8) is 0 Å². The summed E-state index contributed by atoms with van der Waals surface area (Å²) in [6, 6.07) is 18.6. The maximum atomic E-state index is 12.7. The Morgan fingerprint density at radius 1 is 0.957 bits per heavy atom. The number of para-hydroxylation sites is 1. The second-order valence-corrected chi connectivity index (χ2v) is 5.23.